The molecule has 0 aromatic heterocycles. The van der Waals surface area contributed by atoms with E-state index in [9.17, 15) is 23.3 Å². The Morgan fingerprint density at radius 3 is 2.31 bits per heavy atom. The zero-order valence-corrected chi connectivity index (χ0v) is 15.5. The number of carbonyl (C=O) groups excluding carboxylic acids is 1. The van der Waals surface area contributed by atoms with E-state index in [-0.39, 0.29) is 21.8 Å². The van der Waals surface area contributed by atoms with Crippen molar-refractivity contribution in [3.63, 3.8) is 0 Å². The van der Waals surface area contributed by atoms with Gasteiger partial charge in [0.25, 0.3) is 15.7 Å². The Morgan fingerprint density at radius 2 is 1.73 bits per heavy atom. The summed E-state index contributed by atoms with van der Waals surface area (Å²) < 4.78 is 31.5. The van der Waals surface area contributed by atoms with Crippen molar-refractivity contribution in [1.82, 2.24) is 0 Å². The molecule has 0 radical (unpaired) electrons. The number of carbonyl (C=O) groups is 1. The van der Waals surface area contributed by atoms with Crippen molar-refractivity contribution in [2.75, 3.05) is 18.5 Å². The van der Waals surface area contributed by atoms with Crippen LogP contribution >= 0.6 is 0 Å². The Hall–Kier alpha value is -2.94. The van der Waals surface area contributed by atoms with Crippen LogP contribution in [0.5, 0.6) is 0 Å². The van der Waals surface area contributed by atoms with E-state index in [1.807, 2.05) is 0 Å². The summed E-state index contributed by atoms with van der Waals surface area (Å²) in [5.41, 5.74) is 1.17. The summed E-state index contributed by atoms with van der Waals surface area (Å²) >= 11 is 0. The number of hydrogen-bond donors (Lipinski definition) is 0. The highest BCUT2D eigenvalue weighted by Gasteiger charge is 2.26. The third kappa shape index (κ3) is 3.52. The van der Waals surface area contributed by atoms with E-state index in [2.05, 4.69) is 4.74 Å². The second-order valence-electron chi connectivity index (χ2n) is 5.67. The zero-order chi connectivity index (χ0) is 19.6. The molecule has 0 aliphatic heterocycles. The van der Waals surface area contributed by atoms with Crippen molar-refractivity contribution in [2.24, 2.45) is 0 Å². The van der Waals surface area contributed by atoms with Gasteiger partial charge >= 0.3 is 5.97 Å². The van der Waals surface area contributed by atoms with Crippen LogP contribution in [0.2, 0.25) is 0 Å². The predicted octanol–water partition coefficient (Wildman–Crippen LogP) is 2.82. The molecule has 0 atom stereocenters. The van der Waals surface area contributed by atoms with Gasteiger partial charge in [-0.05, 0) is 37.6 Å². The minimum Gasteiger partial charge on any atom is -0.465 e. The molecule has 0 heterocycles. The number of nitro benzene ring substituents is 1. The number of nitrogens with zero attached hydrogens (tertiary/aromatic N) is 2. The van der Waals surface area contributed by atoms with Gasteiger partial charge in [0.1, 0.15) is 0 Å². The number of sulfonamides is 1. The van der Waals surface area contributed by atoms with Gasteiger partial charge in [-0.25, -0.2) is 13.2 Å². The maximum atomic E-state index is 12.9. The first-order valence-electron chi connectivity index (χ1n) is 7.52. The summed E-state index contributed by atoms with van der Waals surface area (Å²) in [6, 6.07) is 8.26. The highest BCUT2D eigenvalue weighted by atomic mass is 32.2. The predicted molar refractivity (Wildman–Crippen MR) is 95.9 cm³/mol. The van der Waals surface area contributed by atoms with Gasteiger partial charge in [0.05, 0.1) is 28.2 Å². The van der Waals surface area contributed by atoms with E-state index in [0.717, 1.165) is 10.4 Å². The monoisotopic (exact) mass is 378 g/mol. The fourth-order valence-corrected chi connectivity index (χ4v) is 3.70. The van der Waals surface area contributed by atoms with Crippen molar-refractivity contribution >= 4 is 27.4 Å². The van der Waals surface area contributed by atoms with Gasteiger partial charge in [-0.3, -0.25) is 14.4 Å². The summed E-state index contributed by atoms with van der Waals surface area (Å²) in [5, 5.41) is 11.1. The number of aryl methyl sites for hydroxylation is 2. The van der Waals surface area contributed by atoms with Gasteiger partial charge in [0.15, 0.2) is 0 Å². The third-order valence-corrected chi connectivity index (χ3v) is 5.77. The summed E-state index contributed by atoms with van der Waals surface area (Å²) in [7, 11) is -1.51. The van der Waals surface area contributed by atoms with Crippen molar-refractivity contribution < 1.29 is 22.9 Å². The molecule has 0 spiro atoms. The minimum absolute atomic E-state index is 0.199. The highest BCUT2D eigenvalue weighted by molar-refractivity contribution is 7.92. The molecule has 0 aliphatic rings. The lowest BCUT2D eigenvalue weighted by Crippen LogP contribution is -2.27. The van der Waals surface area contributed by atoms with E-state index in [4.69, 9.17) is 0 Å². The first-order chi connectivity index (χ1) is 12.1. The maximum absolute atomic E-state index is 12.9. The zero-order valence-electron chi connectivity index (χ0n) is 14.7. The van der Waals surface area contributed by atoms with E-state index < -0.39 is 20.9 Å². The molecule has 8 nitrogen and oxygen atoms in total. The first-order valence-corrected chi connectivity index (χ1v) is 8.96. The van der Waals surface area contributed by atoms with E-state index in [1.54, 1.807) is 13.0 Å². The summed E-state index contributed by atoms with van der Waals surface area (Å²) in [4.78, 5) is 22.0. The molecule has 0 unspecified atom stereocenters. The Labute approximate surface area is 151 Å². The van der Waals surface area contributed by atoms with Crippen LogP contribution in [0.3, 0.4) is 0 Å². The van der Waals surface area contributed by atoms with Crippen LogP contribution in [-0.4, -0.2) is 33.5 Å². The molecular weight excluding hydrogens is 360 g/mol. The number of methoxy groups -OCH3 is 1. The molecule has 9 heteroatoms. The van der Waals surface area contributed by atoms with Crippen LogP contribution in [0.25, 0.3) is 0 Å². The third-order valence-electron chi connectivity index (χ3n) is 4.01. The molecule has 0 saturated heterocycles. The number of esters is 1. The molecule has 0 saturated carbocycles. The van der Waals surface area contributed by atoms with Gasteiger partial charge in [-0.15, -0.1) is 0 Å². The molecule has 0 aliphatic carbocycles. The molecule has 0 amide bonds. The molecule has 2 aromatic rings. The number of anilines is 1. The number of nitro groups is 1. The highest BCUT2D eigenvalue weighted by Crippen LogP contribution is 2.29. The number of rotatable bonds is 5. The fraction of sp³-hybridized carbons (Fsp3) is 0.235. The fourth-order valence-electron chi connectivity index (χ4n) is 2.43. The maximum Gasteiger partial charge on any atom is 0.337 e. The topological polar surface area (TPSA) is 107 Å². The number of ether oxygens (including phenoxy) is 1. The summed E-state index contributed by atoms with van der Waals surface area (Å²) in [6.45, 7) is 3.22. The number of benzene rings is 2. The van der Waals surface area contributed by atoms with Crippen LogP contribution in [0.15, 0.2) is 41.3 Å². The lowest BCUT2D eigenvalue weighted by molar-refractivity contribution is -0.385. The smallest absolute Gasteiger partial charge is 0.337 e. The SMILES string of the molecule is COC(=O)c1ccc(C)c(N(C)S(=O)(=O)c2ccc(C)c([N+](=O)[O-])c2)c1. The standard InChI is InChI=1S/C17H18N2O6S/c1-11-5-7-13(17(20)25-4)9-15(11)18(3)26(23,24)14-8-6-12(2)16(10-14)19(21)22/h5-10H,1-4H3. The van der Waals surface area contributed by atoms with Crippen LogP contribution in [-0.2, 0) is 14.8 Å². The molecule has 2 aromatic carbocycles. The van der Waals surface area contributed by atoms with Crippen LogP contribution < -0.4 is 4.31 Å². The molecule has 26 heavy (non-hydrogen) atoms. The Kier molecular flexibility index (Phi) is 5.31. The van der Waals surface area contributed by atoms with Gasteiger partial charge in [-0.2, -0.15) is 0 Å². The van der Waals surface area contributed by atoms with Crippen molar-refractivity contribution in [3.8, 4) is 0 Å². The molecule has 2 rings (SSSR count). The summed E-state index contributed by atoms with van der Waals surface area (Å²) in [6.07, 6.45) is 0. The lowest BCUT2D eigenvalue weighted by atomic mass is 10.1. The van der Waals surface area contributed by atoms with Crippen molar-refractivity contribution in [3.05, 3.63) is 63.2 Å². The normalized spacial score (nSPS) is 11.1. The van der Waals surface area contributed by atoms with Gasteiger partial charge < -0.3 is 4.74 Å². The van der Waals surface area contributed by atoms with Gasteiger partial charge in [0.2, 0.25) is 0 Å². The quantitative estimate of drug-likeness (QED) is 0.450. The Balaban J connectivity index is 2.55. The molecule has 0 fully saturated rings. The molecule has 0 N–H and O–H groups in total. The second kappa shape index (κ2) is 7.12. The largest absolute Gasteiger partial charge is 0.465 e. The average Bonchev–Trinajstić information content (AvgIpc) is 2.60. The van der Waals surface area contributed by atoms with E-state index in [0.29, 0.717) is 11.1 Å². The van der Waals surface area contributed by atoms with Gasteiger partial charge in [-0.1, -0.05) is 12.1 Å². The van der Waals surface area contributed by atoms with E-state index in [1.165, 1.54) is 45.3 Å². The molecule has 0 bridgehead atoms. The van der Waals surface area contributed by atoms with Crippen molar-refractivity contribution in [2.45, 2.75) is 18.7 Å². The van der Waals surface area contributed by atoms with Crippen molar-refractivity contribution in [1.29, 1.82) is 0 Å². The van der Waals surface area contributed by atoms with Gasteiger partial charge in [0, 0.05) is 18.7 Å². The summed E-state index contributed by atoms with van der Waals surface area (Å²) in [5.74, 6) is -0.594. The van der Waals surface area contributed by atoms with Crippen LogP contribution in [0, 0.1) is 24.0 Å². The second-order valence-corrected chi connectivity index (χ2v) is 7.64. The minimum atomic E-state index is -4.06. The van der Waals surface area contributed by atoms with E-state index >= 15 is 0 Å². The van der Waals surface area contributed by atoms with Crippen LogP contribution in [0.1, 0.15) is 21.5 Å². The average molecular weight is 378 g/mol. The lowest BCUT2D eigenvalue weighted by Gasteiger charge is -2.22. The van der Waals surface area contributed by atoms with Crippen LogP contribution in [0.4, 0.5) is 11.4 Å². The number of hydrogen-bond acceptors (Lipinski definition) is 6. The molecular formula is C17H18N2O6S. The Morgan fingerprint density at radius 1 is 1.12 bits per heavy atom. The Bertz CT molecular complexity index is 985. The first kappa shape index (κ1) is 19.4. The molecule has 138 valence electrons.